The Morgan fingerprint density at radius 2 is 1.84 bits per heavy atom. The summed E-state index contributed by atoms with van der Waals surface area (Å²) < 4.78 is 35.0. The zero-order chi connectivity index (χ0) is 22.6. The van der Waals surface area contributed by atoms with E-state index in [9.17, 15) is 13.6 Å². The average molecular weight is 562 g/mol. The summed E-state index contributed by atoms with van der Waals surface area (Å²) in [5.41, 5.74) is 1.99. The molecule has 7 nitrogen and oxygen atoms in total. The van der Waals surface area contributed by atoms with Gasteiger partial charge in [-0.25, -0.2) is 4.99 Å². The first-order valence-electron chi connectivity index (χ1n) is 9.91. The van der Waals surface area contributed by atoms with Crippen molar-refractivity contribution in [3.05, 3.63) is 59.2 Å². The van der Waals surface area contributed by atoms with Crippen LogP contribution >= 0.6 is 24.0 Å². The van der Waals surface area contributed by atoms with Crippen molar-refractivity contribution < 1.29 is 23.0 Å². The number of aryl methyl sites for hydroxylation is 1. The number of alkyl halides is 2. The summed E-state index contributed by atoms with van der Waals surface area (Å²) in [5.74, 6) is 1.00. The number of hydrogen-bond acceptors (Lipinski definition) is 4. The minimum Gasteiger partial charge on any atom is -0.497 e. The summed E-state index contributed by atoms with van der Waals surface area (Å²) in [6.07, 6.45) is 0. The normalized spacial score (nSPS) is 10.9. The second-order valence-corrected chi connectivity index (χ2v) is 6.60. The number of nitrogens with zero attached hydrogens (tertiary/aromatic N) is 1. The standard InChI is InChI=1S/C22H28F2N4O3.HI/c1-4-25-22(28-14-17-12-15(2)8-9-19(17)31-21(23)24)27-11-10-26-20(29)16-6-5-7-18(13-16)30-3;/h5-9,12-13,21H,4,10-11,14H2,1-3H3,(H,26,29)(H2,25,27,28);1H. The molecule has 0 aliphatic heterocycles. The minimum absolute atomic E-state index is 0. The van der Waals surface area contributed by atoms with E-state index in [1.54, 1.807) is 43.5 Å². The number of guanidine groups is 1. The Balaban J connectivity index is 0.00000512. The van der Waals surface area contributed by atoms with Crippen molar-refractivity contribution in [2.24, 2.45) is 4.99 Å². The van der Waals surface area contributed by atoms with E-state index in [4.69, 9.17) is 4.74 Å². The number of rotatable bonds is 10. The molecule has 176 valence electrons. The Bertz CT molecular complexity index is 897. The summed E-state index contributed by atoms with van der Waals surface area (Å²) in [6.45, 7) is 2.46. The topological polar surface area (TPSA) is 84.0 Å². The molecule has 2 aromatic carbocycles. The zero-order valence-corrected chi connectivity index (χ0v) is 20.6. The van der Waals surface area contributed by atoms with Crippen LogP contribution < -0.4 is 25.4 Å². The molecule has 0 saturated heterocycles. The van der Waals surface area contributed by atoms with Crippen LogP contribution in [-0.2, 0) is 6.54 Å². The lowest BCUT2D eigenvalue weighted by Gasteiger charge is -2.13. The van der Waals surface area contributed by atoms with E-state index in [0.717, 1.165) is 5.56 Å². The molecule has 0 aromatic heterocycles. The van der Waals surface area contributed by atoms with Crippen molar-refractivity contribution in [1.29, 1.82) is 0 Å². The number of hydrogen-bond donors (Lipinski definition) is 3. The fourth-order valence-corrected chi connectivity index (χ4v) is 2.77. The van der Waals surface area contributed by atoms with Crippen molar-refractivity contribution in [3.8, 4) is 11.5 Å². The molecule has 0 saturated carbocycles. The third kappa shape index (κ3) is 9.25. The number of ether oxygens (including phenoxy) is 2. The Morgan fingerprint density at radius 1 is 1.09 bits per heavy atom. The number of aliphatic imine (C=N–C) groups is 1. The molecule has 0 atom stereocenters. The lowest BCUT2D eigenvalue weighted by Crippen LogP contribution is -2.41. The molecule has 2 aromatic rings. The SMILES string of the molecule is CCNC(=NCc1cc(C)ccc1OC(F)F)NCCNC(=O)c1cccc(OC)c1.I. The minimum atomic E-state index is -2.90. The first kappa shape index (κ1) is 27.4. The molecular weight excluding hydrogens is 533 g/mol. The molecule has 0 unspecified atom stereocenters. The Morgan fingerprint density at radius 3 is 2.53 bits per heavy atom. The molecule has 1 amide bonds. The van der Waals surface area contributed by atoms with E-state index < -0.39 is 6.61 Å². The highest BCUT2D eigenvalue weighted by Gasteiger charge is 2.10. The van der Waals surface area contributed by atoms with Gasteiger partial charge in [0.25, 0.3) is 5.91 Å². The quantitative estimate of drug-likeness (QED) is 0.178. The average Bonchev–Trinajstić information content (AvgIpc) is 2.76. The molecule has 2 rings (SSSR count). The summed E-state index contributed by atoms with van der Waals surface area (Å²) >= 11 is 0. The van der Waals surface area contributed by atoms with Crippen LogP contribution in [0.2, 0.25) is 0 Å². The maximum absolute atomic E-state index is 12.6. The first-order chi connectivity index (χ1) is 14.9. The van der Waals surface area contributed by atoms with E-state index in [-0.39, 0.29) is 42.2 Å². The molecule has 0 radical (unpaired) electrons. The van der Waals surface area contributed by atoms with Gasteiger partial charge >= 0.3 is 6.61 Å². The number of methoxy groups -OCH3 is 1. The predicted octanol–water partition coefficient (Wildman–Crippen LogP) is 3.71. The van der Waals surface area contributed by atoms with Gasteiger partial charge in [-0.3, -0.25) is 4.79 Å². The van der Waals surface area contributed by atoms with Gasteiger partial charge in [0.05, 0.1) is 13.7 Å². The predicted molar refractivity (Wildman–Crippen MR) is 131 cm³/mol. The largest absolute Gasteiger partial charge is 0.497 e. The van der Waals surface area contributed by atoms with Crippen molar-refractivity contribution in [2.75, 3.05) is 26.7 Å². The highest BCUT2D eigenvalue weighted by Crippen LogP contribution is 2.22. The van der Waals surface area contributed by atoms with Crippen molar-refractivity contribution >= 4 is 35.8 Å². The molecule has 10 heteroatoms. The van der Waals surface area contributed by atoms with Crippen LogP contribution in [0, 0.1) is 6.92 Å². The van der Waals surface area contributed by atoms with Gasteiger partial charge in [-0.2, -0.15) is 8.78 Å². The van der Waals surface area contributed by atoms with Crippen LogP contribution in [0.1, 0.15) is 28.4 Å². The monoisotopic (exact) mass is 562 g/mol. The molecule has 0 fully saturated rings. The molecule has 0 aliphatic rings. The van der Waals surface area contributed by atoms with Crippen LogP contribution in [0.4, 0.5) is 8.78 Å². The van der Waals surface area contributed by atoms with E-state index in [0.29, 0.717) is 42.5 Å². The second-order valence-electron chi connectivity index (χ2n) is 6.60. The van der Waals surface area contributed by atoms with Gasteiger partial charge in [-0.05, 0) is 38.1 Å². The number of amides is 1. The summed E-state index contributed by atoms with van der Waals surface area (Å²) in [7, 11) is 1.54. The molecular formula is C22H29F2IN4O3. The number of carbonyl (C=O) groups excluding carboxylic acids is 1. The molecule has 0 bridgehead atoms. The van der Waals surface area contributed by atoms with Gasteiger partial charge in [0.15, 0.2) is 5.96 Å². The maximum Gasteiger partial charge on any atom is 0.387 e. The lowest BCUT2D eigenvalue weighted by molar-refractivity contribution is -0.0504. The smallest absolute Gasteiger partial charge is 0.387 e. The number of halogens is 3. The van der Waals surface area contributed by atoms with E-state index in [2.05, 4.69) is 25.7 Å². The van der Waals surface area contributed by atoms with Crippen LogP contribution in [0.5, 0.6) is 11.5 Å². The van der Waals surface area contributed by atoms with E-state index >= 15 is 0 Å². The molecule has 0 heterocycles. The van der Waals surface area contributed by atoms with Gasteiger partial charge in [-0.15, -0.1) is 24.0 Å². The Hall–Kier alpha value is -2.63. The maximum atomic E-state index is 12.6. The fourth-order valence-electron chi connectivity index (χ4n) is 2.77. The summed E-state index contributed by atoms with van der Waals surface area (Å²) in [5, 5.41) is 9.01. The van der Waals surface area contributed by atoms with Crippen LogP contribution in [0.3, 0.4) is 0 Å². The van der Waals surface area contributed by atoms with Crippen molar-refractivity contribution in [2.45, 2.75) is 27.0 Å². The lowest BCUT2D eigenvalue weighted by atomic mass is 10.1. The second kappa shape index (κ2) is 14.4. The Kier molecular flexibility index (Phi) is 12.4. The number of nitrogens with one attached hydrogen (secondary N) is 3. The van der Waals surface area contributed by atoms with Gasteiger partial charge in [0, 0.05) is 30.8 Å². The van der Waals surface area contributed by atoms with Gasteiger partial charge in [0.2, 0.25) is 0 Å². The van der Waals surface area contributed by atoms with Crippen molar-refractivity contribution in [3.63, 3.8) is 0 Å². The third-order valence-electron chi connectivity index (χ3n) is 4.22. The molecule has 32 heavy (non-hydrogen) atoms. The summed E-state index contributed by atoms with van der Waals surface area (Å²) in [6, 6.07) is 11.9. The number of carbonyl (C=O) groups is 1. The van der Waals surface area contributed by atoms with Crippen LogP contribution in [0.15, 0.2) is 47.5 Å². The summed E-state index contributed by atoms with van der Waals surface area (Å²) in [4.78, 5) is 16.7. The zero-order valence-electron chi connectivity index (χ0n) is 18.3. The first-order valence-corrected chi connectivity index (χ1v) is 9.91. The number of benzene rings is 2. The highest BCUT2D eigenvalue weighted by molar-refractivity contribution is 14.0. The van der Waals surface area contributed by atoms with Gasteiger partial charge in [0.1, 0.15) is 11.5 Å². The molecule has 3 N–H and O–H groups in total. The van der Waals surface area contributed by atoms with Crippen LogP contribution in [0.25, 0.3) is 0 Å². The highest BCUT2D eigenvalue weighted by atomic mass is 127. The third-order valence-corrected chi connectivity index (χ3v) is 4.22. The van der Waals surface area contributed by atoms with E-state index in [1.165, 1.54) is 6.07 Å². The van der Waals surface area contributed by atoms with Crippen LogP contribution in [-0.4, -0.2) is 45.2 Å². The Labute approximate surface area is 204 Å². The van der Waals surface area contributed by atoms with Crippen molar-refractivity contribution in [1.82, 2.24) is 16.0 Å². The van der Waals surface area contributed by atoms with E-state index in [1.807, 2.05) is 13.8 Å². The van der Waals surface area contributed by atoms with Gasteiger partial charge < -0.3 is 25.4 Å². The van der Waals surface area contributed by atoms with Gasteiger partial charge in [-0.1, -0.05) is 23.8 Å². The molecule has 0 aliphatic carbocycles. The fraction of sp³-hybridized carbons (Fsp3) is 0.364. The molecule has 0 spiro atoms.